The van der Waals surface area contributed by atoms with Gasteiger partial charge in [0.1, 0.15) is 11.4 Å². The minimum atomic E-state index is -4.52. The predicted octanol–water partition coefficient (Wildman–Crippen LogP) is 5.71. The fourth-order valence-corrected chi connectivity index (χ4v) is 3.38. The summed E-state index contributed by atoms with van der Waals surface area (Å²) in [5, 5.41) is 3.48. The maximum atomic E-state index is 12.7. The van der Waals surface area contributed by atoms with E-state index in [9.17, 15) is 18.0 Å². The zero-order valence-corrected chi connectivity index (χ0v) is 18.6. The van der Waals surface area contributed by atoms with Gasteiger partial charge in [0, 0.05) is 31.3 Å². The maximum Gasteiger partial charge on any atom is 0.419 e. The van der Waals surface area contributed by atoms with Crippen LogP contribution in [0.25, 0.3) is 5.82 Å². The molecule has 3 heterocycles. The normalized spacial score (nSPS) is 11.3. The zero-order chi connectivity index (χ0) is 24.3. The van der Waals surface area contributed by atoms with E-state index in [2.05, 4.69) is 20.3 Å². The Hall–Kier alpha value is -3.63. The Bertz CT molecular complexity index is 1310. The molecule has 0 spiro atoms. The van der Waals surface area contributed by atoms with E-state index in [1.54, 1.807) is 47.2 Å². The molecular formula is C22H14Cl2F3N5O2. The molecule has 0 bridgehead atoms. The quantitative estimate of drug-likeness (QED) is 0.361. The first-order valence-electron chi connectivity index (χ1n) is 9.64. The number of nitrogens with one attached hydrogen (secondary N) is 1. The number of alkyl halides is 3. The number of carbonyl (C=O) groups excluding carboxylic acids is 1. The van der Waals surface area contributed by atoms with E-state index in [1.165, 1.54) is 12.3 Å². The van der Waals surface area contributed by atoms with Gasteiger partial charge in [-0.15, -0.1) is 0 Å². The van der Waals surface area contributed by atoms with Gasteiger partial charge in [-0.3, -0.25) is 9.36 Å². The van der Waals surface area contributed by atoms with Gasteiger partial charge < -0.3 is 10.1 Å². The van der Waals surface area contributed by atoms with Crippen molar-refractivity contribution in [2.24, 2.45) is 0 Å². The molecule has 0 radical (unpaired) electrons. The molecule has 3 aromatic heterocycles. The second-order valence-corrected chi connectivity index (χ2v) is 7.75. The Morgan fingerprint density at radius 2 is 1.74 bits per heavy atom. The summed E-state index contributed by atoms with van der Waals surface area (Å²) in [6.07, 6.45) is -0.135. The number of aromatic nitrogens is 4. The van der Waals surface area contributed by atoms with Crippen LogP contribution in [0.3, 0.4) is 0 Å². The number of halogens is 5. The first-order chi connectivity index (χ1) is 16.2. The molecule has 0 aliphatic rings. The van der Waals surface area contributed by atoms with Crippen LogP contribution in [0.5, 0.6) is 11.8 Å². The summed E-state index contributed by atoms with van der Waals surface area (Å²) in [6.45, 7) is 0.211. The van der Waals surface area contributed by atoms with E-state index >= 15 is 0 Å². The summed E-state index contributed by atoms with van der Waals surface area (Å²) >= 11 is 12.1. The number of hydrogen-bond acceptors (Lipinski definition) is 5. The van der Waals surface area contributed by atoms with Gasteiger partial charge in [-0.25, -0.2) is 15.0 Å². The van der Waals surface area contributed by atoms with Crippen LogP contribution in [-0.4, -0.2) is 25.4 Å². The first kappa shape index (κ1) is 23.5. The molecule has 12 heteroatoms. The van der Waals surface area contributed by atoms with Gasteiger partial charge in [-0.1, -0.05) is 35.3 Å². The lowest BCUT2D eigenvalue weighted by Gasteiger charge is -2.11. The predicted molar refractivity (Wildman–Crippen MR) is 118 cm³/mol. The topological polar surface area (TPSA) is 81.9 Å². The summed E-state index contributed by atoms with van der Waals surface area (Å²) in [5.74, 6) is 0.344. The number of carbonyl (C=O) groups is 1. The number of pyridine rings is 1. The van der Waals surface area contributed by atoms with Crippen molar-refractivity contribution in [3.05, 3.63) is 94.1 Å². The molecule has 0 unspecified atom stereocenters. The molecule has 0 aliphatic carbocycles. The molecule has 0 atom stereocenters. The van der Waals surface area contributed by atoms with Crippen LogP contribution in [0, 0.1) is 0 Å². The van der Waals surface area contributed by atoms with E-state index in [0.29, 0.717) is 39.7 Å². The molecule has 1 aromatic carbocycles. The monoisotopic (exact) mass is 507 g/mol. The number of hydrogen-bond donors (Lipinski definition) is 1. The van der Waals surface area contributed by atoms with Gasteiger partial charge in [0.25, 0.3) is 5.91 Å². The largest absolute Gasteiger partial charge is 0.424 e. The van der Waals surface area contributed by atoms with Crippen molar-refractivity contribution in [1.82, 2.24) is 24.8 Å². The van der Waals surface area contributed by atoms with Crippen LogP contribution >= 0.6 is 23.2 Å². The van der Waals surface area contributed by atoms with Crippen molar-refractivity contribution in [3.8, 4) is 17.6 Å². The Kier molecular flexibility index (Phi) is 6.71. The van der Waals surface area contributed by atoms with Crippen LogP contribution in [0.2, 0.25) is 10.0 Å². The highest BCUT2D eigenvalue weighted by Gasteiger charge is 2.31. The molecule has 7 nitrogen and oxygen atoms in total. The summed E-state index contributed by atoms with van der Waals surface area (Å²) in [7, 11) is 0. The van der Waals surface area contributed by atoms with Gasteiger partial charge in [0.2, 0.25) is 0 Å². The van der Waals surface area contributed by atoms with Crippen LogP contribution in [0.15, 0.2) is 67.3 Å². The van der Waals surface area contributed by atoms with Crippen LogP contribution < -0.4 is 10.1 Å². The Labute approximate surface area is 201 Å². The smallest absolute Gasteiger partial charge is 0.419 e. The average molecular weight is 508 g/mol. The second-order valence-electron chi connectivity index (χ2n) is 6.90. The lowest BCUT2D eigenvalue weighted by atomic mass is 10.2. The van der Waals surface area contributed by atoms with Crippen molar-refractivity contribution in [1.29, 1.82) is 0 Å². The molecule has 1 N–H and O–H groups in total. The third-order valence-electron chi connectivity index (χ3n) is 4.54. The van der Waals surface area contributed by atoms with Crippen molar-refractivity contribution in [2.45, 2.75) is 12.7 Å². The zero-order valence-electron chi connectivity index (χ0n) is 17.1. The summed E-state index contributed by atoms with van der Waals surface area (Å²) in [5.41, 5.74) is 0.122. The van der Waals surface area contributed by atoms with E-state index in [4.69, 9.17) is 27.9 Å². The van der Waals surface area contributed by atoms with Crippen molar-refractivity contribution in [3.63, 3.8) is 0 Å². The molecule has 0 saturated heterocycles. The lowest BCUT2D eigenvalue weighted by molar-refractivity contribution is -0.138. The van der Waals surface area contributed by atoms with Crippen molar-refractivity contribution < 1.29 is 22.7 Å². The SMILES string of the molecule is O=C(NCc1ccc(Oc2ncc(C(F)(F)F)cn2)cc1)c1cccn1-c1ncc(Cl)cc1Cl. The fraction of sp³-hybridized carbons (Fsp3) is 0.0909. The Morgan fingerprint density at radius 3 is 2.38 bits per heavy atom. The number of nitrogens with zero attached hydrogens (tertiary/aromatic N) is 4. The summed E-state index contributed by atoms with van der Waals surface area (Å²) in [4.78, 5) is 24.0. The highest BCUT2D eigenvalue weighted by atomic mass is 35.5. The number of ether oxygens (including phenoxy) is 1. The fourth-order valence-electron chi connectivity index (χ4n) is 2.90. The van der Waals surface area contributed by atoms with Gasteiger partial charge in [0.05, 0.1) is 15.6 Å². The molecule has 0 saturated carbocycles. The second kappa shape index (κ2) is 9.70. The maximum absolute atomic E-state index is 12.7. The summed E-state index contributed by atoms with van der Waals surface area (Å²) < 4.78 is 44.7. The van der Waals surface area contributed by atoms with E-state index < -0.39 is 11.7 Å². The van der Waals surface area contributed by atoms with E-state index in [0.717, 1.165) is 5.56 Å². The van der Waals surface area contributed by atoms with Gasteiger partial charge in [-0.2, -0.15) is 13.2 Å². The minimum Gasteiger partial charge on any atom is -0.424 e. The van der Waals surface area contributed by atoms with Gasteiger partial charge in [0.15, 0.2) is 5.82 Å². The molecule has 174 valence electrons. The Morgan fingerprint density at radius 1 is 1.03 bits per heavy atom. The van der Waals surface area contributed by atoms with E-state index in [-0.39, 0.29) is 18.5 Å². The average Bonchev–Trinajstić information content (AvgIpc) is 3.28. The van der Waals surface area contributed by atoms with Gasteiger partial charge >= 0.3 is 12.2 Å². The minimum absolute atomic E-state index is 0.211. The van der Waals surface area contributed by atoms with Crippen LogP contribution in [0.1, 0.15) is 21.6 Å². The molecule has 0 fully saturated rings. The van der Waals surface area contributed by atoms with Gasteiger partial charge in [-0.05, 0) is 35.9 Å². The molecule has 0 aliphatic heterocycles. The lowest BCUT2D eigenvalue weighted by Crippen LogP contribution is -2.25. The number of amides is 1. The highest BCUT2D eigenvalue weighted by molar-refractivity contribution is 6.35. The molecule has 4 aromatic rings. The molecule has 34 heavy (non-hydrogen) atoms. The number of rotatable bonds is 6. The Balaban J connectivity index is 1.38. The summed E-state index contributed by atoms with van der Waals surface area (Å²) in [6, 6.07) is 11.2. The van der Waals surface area contributed by atoms with E-state index in [1.807, 2.05) is 0 Å². The highest BCUT2D eigenvalue weighted by Crippen LogP contribution is 2.29. The van der Waals surface area contributed by atoms with Crippen molar-refractivity contribution in [2.75, 3.05) is 0 Å². The molecule has 1 amide bonds. The van der Waals surface area contributed by atoms with Crippen molar-refractivity contribution >= 4 is 29.1 Å². The standard InChI is InChI=1S/C22H14Cl2F3N5O2/c23-15-8-17(24)19(28-12-15)32-7-1-2-18(32)20(33)29-9-13-3-5-16(6-4-13)34-21-30-10-14(11-31-21)22(25,26)27/h1-8,10-12H,9H2,(H,29,33). The number of benzene rings is 1. The third-order valence-corrected chi connectivity index (χ3v) is 5.02. The first-order valence-corrected chi connectivity index (χ1v) is 10.4. The third kappa shape index (κ3) is 5.46. The van der Waals surface area contributed by atoms with Crippen LogP contribution in [0.4, 0.5) is 13.2 Å². The molecule has 4 rings (SSSR count). The van der Waals surface area contributed by atoms with Crippen LogP contribution in [-0.2, 0) is 12.7 Å². The molecular weight excluding hydrogens is 494 g/mol.